The van der Waals surface area contributed by atoms with Gasteiger partial charge in [0, 0.05) is 12.6 Å². The number of hydrogen-bond acceptors (Lipinski definition) is 2. The minimum absolute atomic E-state index is 0.0128. The van der Waals surface area contributed by atoms with Gasteiger partial charge in [0.05, 0.1) is 6.10 Å². The second kappa shape index (κ2) is 5.31. The summed E-state index contributed by atoms with van der Waals surface area (Å²) in [7, 11) is 2.28. The smallest absolute Gasteiger partial charge is 0.0541 e. The van der Waals surface area contributed by atoms with Crippen molar-refractivity contribution in [2.24, 2.45) is 5.92 Å². The van der Waals surface area contributed by atoms with Crippen molar-refractivity contribution < 1.29 is 5.11 Å². The van der Waals surface area contributed by atoms with Crippen LogP contribution >= 0.6 is 0 Å². The Morgan fingerprint density at radius 1 is 1.00 bits per heavy atom. The minimum Gasteiger partial charge on any atom is -0.393 e. The van der Waals surface area contributed by atoms with E-state index in [9.17, 15) is 5.11 Å². The van der Waals surface area contributed by atoms with Crippen LogP contribution in [0.25, 0.3) is 0 Å². The number of aliphatic hydroxyl groups is 1. The number of hydrogen-bond donors (Lipinski definition) is 1. The van der Waals surface area contributed by atoms with Gasteiger partial charge in [-0.25, -0.2) is 0 Å². The van der Waals surface area contributed by atoms with E-state index >= 15 is 0 Å². The van der Waals surface area contributed by atoms with E-state index in [-0.39, 0.29) is 6.10 Å². The van der Waals surface area contributed by atoms with Crippen LogP contribution in [0.3, 0.4) is 0 Å². The van der Waals surface area contributed by atoms with Gasteiger partial charge in [-0.1, -0.05) is 12.8 Å². The lowest BCUT2D eigenvalue weighted by atomic mass is 9.91. The molecule has 0 aromatic carbocycles. The highest BCUT2D eigenvalue weighted by molar-refractivity contribution is 4.80. The Bertz CT molecular complexity index is 181. The lowest BCUT2D eigenvalue weighted by molar-refractivity contribution is 0.0786. The Kier molecular flexibility index (Phi) is 4.04. The van der Waals surface area contributed by atoms with Crippen LogP contribution in [0.1, 0.15) is 51.4 Å². The summed E-state index contributed by atoms with van der Waals surface area (Å²) >= 11 is 0. The van der Waals surface area contributed by atoms with Gasteiger partial charge in [0.2, 0.25) is 0 Å². The van der Waals surface area contributed by atoms with Crippen LogP contribution in [-0.4, -0.2) is 35.7 Å². The van der Waals surface area contributed by atoms with E-state index < -0.39 is 0 Å². The number of rotatable bonds is 3. The van der Waals surface area contributed by atoms with Crippen LogP contribution in [0, 0.1) is 5.92 Å². The maximum Gasteiger partial charge on any atom is 0.0541 e. The van der Waals surface area contributed by atoms with Gasteiger partial charge in [0.15, 0.2) is 0 Å². The molecule has 2 nitrogen and oxygen atoms in total. The van der Waals surface area contributed by atoms with Crippen molar-refractivity contribution in [1.82, 2.24) is 4.90 Å². The molecule has 0 aliphatic heterocycles. The average molecular weight is 211 g/mol. The fourth-order valence-corrected chi connectivity index (χ4v) is 3.25. The van der Waals surface area contributed by atoms with Crippen molar-refractivity contribution in [1.29, 1.82) is 0 Å². The molecule has 0 radical (unpaired) electrons. The zero-order valence-electron chi connectivity index (χ0n) is 9.99. The van der Waals surface area contributed by atoms with Gasteiger partial charge in [-0.2, -0.15) is 0 Å². The van der Waals surface area contributed by atoms with Crippen LogP contribution < -0.4 is 0 Å². The fourth-order valence-electron chi connectivity index (χ4n) is 3.25. The molecular weight excluding hydrogens is 186 g/mol. The van der Waals surface area contributed by atoms with Crippen molar-refractivity contribution >= 4 is 0 Å². The van der Waals surface area contributed by atoms with E-state index in [0.717, 1.165) is 24.8 Å². The minimum atomic E-state index is -0.0128. The lowest BCUT2D eigenvalue weighted by Crippen LogP contribution is -2.38. The molecule has 2 heteroatoms. The van der Waals surface area contributed by atoms with E-state index in [1.807, 2.05) is 0 Å². The summed E-state index contributed by atoms with van der Waals surface area (Å²) in [6.07, 6.45) is 10.2. The van der Waals surface area contributed by atoms with Crippen LogP contribution in [0.15, 0.2) is 0 Å². The lowest BCUT2D eigenvalue weighted by Gasteiger charge is -2.34. The Hall–Kier alpha value is -0.0800. The molecule has 0 atom stereocenters. The van der Waals surface area contributed by atoms with Gasteiger partial charge in [-0.05, 0) is 51.5 Å². The summed E-state index contributed by atoms with van der Waals surface area (Å²) in [4.78, 5) is 2.56. The van der Waals surface area contributed by atoms with Crippen LogP contribution in [0.2, 0.25) is 0 Å². The molecule has 0 spiro atoms. The maximum absolute atomic E-state index is 9.47. The summed E-state index contributed by atoms with van der Waals surface area (Å²) in [6.45, 7) is 1.29. The van der Waals surface area contributed by atoms with Gasteiger partial charge in [0.1, 0.15) is 0 Å². The van der Waals surface area contributed by atoms with E-state index in [2.05, 4.69) is 11.9 Å². The third-order valence-corrected chi connectivity index (χ3v) is 4.31. The summed E-state index contributed by atoms with van der Waals surface area (Å²) < 4.78 is 0. The zero-order valence-corrected chi connectivity index (χ0v) is 9.99. The molecular formula is C13H25NO. The molecule has 0 bridgehead atoms. The molecule has 15 heavy (non-hydrogen) atoms. The fraction of sp³-hybridized carbons (Fsp3) is 1.00. The molecule has 88 valence electrons. The van der Waals surface area contributed by atoms with Gasteiger partial charge in [-0.15, -0.1) is 0 Å². The standard InChI is InChI=1S/C13H25NO/c1-14(10-11-4-2-3-5-11)12-6-8-13(15)9-7-12/h11-13,15H,2-10H2,1H3. The second-order valence-corrected chi connectivity index (χ2v) is 5.55. The Labute approximate surface area is 93.7 Å². The third kappa shape index (κ3) is 3.18. The first-order chi connectivity index (χ1) is 7.25. The summed E-state index contributed by atoms with van der Waals surface area (Å²) in [6, 6.07) is 0.744. The largest absolute Gasteiger partial charge is 0.393 e. The molecule has 0 aromatic heterocycles. The first-order valence-corrected chi connectivity index (χ1v) is 6.64. The second-order valence-electron chi connectivity index (χ2n) is 5.55. The van der Waals surface area contributed by atoms with Crippen molar-refractivity contribution in [2.45, 2.75) is 63.5 Å². The third-order valence-electron chi connectivity index (χ3n) is 4.31. The molecule has 2 fully saturated rings. The molecule has 0 unspecified atom stereocenters. The molecule has 0 aromatic rings. The van der Waals surface area contributed by atoms with Crippen LogP contribution in [0.4, 0.5) is 0 Å². The topological polar surface area (TPSA) is 23.5 Å². The summed E-state index contributed by atoms with van der Waals surface area (Å²) in [5.74, 6) is 0.960. The van der Waals surface area contributed by atoms with Gasteiger partial charge < -0.3 is 10.0 Å². The molecule has 0 saturated heterocycles. The molecule has 0 heterocycles. The summed E-state index contributed by atoms with van der Waals surface area (Å²) in [5, 5.41) is 9.47. The van der Waals surface area contributed by atoms with Crippen molar-refractivity contribution in [2.75, 3.05) is 13.6 Å². The SMILES string of the molecule is CN(CC1CCCC1)C1CCC(O)CC1. The quantitative estimate of drug-likeness (QED) is 0.775. The number of nitrogens with zero attached hydrogens (tertiary/aromatic N) is 1. The normalized spacial score (nSPS) is 33.8. The van der Waals surface area contributed by atoms with E-state index in [4.69, 9.17) is 0 Å². The Balaban J connectivity index is 1.72. The van der Waals surface area contributed by atoms with E-state index in [1.54, 1.807) is 0 Å². The molecule has 2 aliphatic carbocycles. The van der Waals surface area contributed by atoms with Crippen LogP contribution in [0.5, 0.6) is 0 Å². The monoisotopic (exact) mass is 211 g/mol. The zero-order chi connectivity index (χ0) is 10.7. The number of aliphatic hydroxyl groups excluding tert-OH is 1. The predicted octanol–water partition coefficient (Wildman–Crippen LogP) is 2.41. The molecule has 0 amide bonds. The van der Waals surface area contributed by atoms with Crippen molar-refractivity contribution in [3.05, 3.63) is 0 Å². The highest BCUT2D eigenvalue weighted by Crippen LogP contribution is 2.28. The highest BCUT2D eigenvalue weighted by Gasteiger charge is 2.25. The van der Waals surface area contributed by atoms with Crippen LogP contribution in [-0.2, 0) is 0 Å². The van der Waals surface area contributed by atoms with Crippen molar-refractivity contribution in [3.8, 4) is 0 Å². The first kappa shape index (κ1) is 11.4. The molecule has 2 aliphatic rings. The Morgan fingerprint density at radius 2 is 1.60 bits per heavy atom. The Morgan fingerprint density at radius 3 is 2.20 bits per heavy atom. The molecule has 2 rings (SSSR count). The highest BCUT2D eigenvalue weighted by atomic mass is 16.3. The maximum atomic E-state index is 9.47. The van der Waals surface area contributed by atoms with Gasteiger partial charge in [0.25, 0.3) is 0 Å². The van der Waals surface area contributed by atoms with E-state index in [0.29, 0.717) is 0 Å². The average Bonchev–Trinajstić information content (AvgIpc) is 2.71. The molecule has 1 N–H and O–H groups in total. The first-order valence-electron chi connectivity index (χ1n) is 6.64. The van der Waals surface area contributed by atoms with E-state index in [1.165, 1.54) is 45.1 Å². The summed E-state index contributed by atoms with van der Waals surface area (Å²) in [5.41, 5.74) is 0. The van der Waals surface area contributed by atoms with Gasteiger partial charge >= 0.3 is 0 Å². The predicted molar refractivity (Wildman–Crippen MR) is 62.9 cm³/mol. The van der Waals surface area contributed by atoms with Gasteiger partial charge in [-0.3, -0.25) is 0 Å². The molecule has 2 saturated carbocycles. The van der Waals surface area contributed by atoms with Crippen molar-refractivity contribution in [3.63, 3.8) is 0 Å².